The van der Waals surface area contributed by atoms with E-state index in [4.69, 9.17) is 5.73 Å². The molecule has 0 bridgehead atoms. The van der Waals surface area contributed by atoms with Crippen molar-refractivity contribution in [2.45, 2.75) is 51.0 Å². The van der Waals surface area contributed by atoms with Crippen molar-refractivity contribution in [3.05, 3.63) is 24.3 Å². The lowest BCUT2D eigenvalue weighted by molar-refractivity contribution is 0.552. The van der Waals surface area contributed by atoms with Crippen molar-refractivity contribution in [2.24, 2.45) is 5.73 Å². The SMILES string of the molecule is NC1CC/C=C\CC/C=C\CCC1. The number of allylic oxidation sites excluding steroid dienone is 4. The van der Waals surface area contributed by atoms with Crippen molar-refractivity contribution in [3.63, 3.8) is 0 Å². The zero-order chi connectivity index (χ0) is 9.36. The fourth-order valence-corrected chi connectivity index (χ4v) is 1.62. The number of hydrogen-bond acceptors (Lipinski definition) is 1. The molecule has 0 saturated carbocycles. The van der Waals surface area contributed by atoms with Crippen LogP contribution >= 0.6 is 0 Å². The summed E-state index contributed by atoms with van der Waals surface area (Å²) in [6.45, 7) is 0. The quantitative estimate of drug-likeness (QED) is 0.568. The highest BCUT2D eigenvalue weighted by atomic mass is 14.6. The number of rotatable bonds is 0. The van der Waals surface area contributed by atoms with Gasteiger partial charge in [-0.3, -0.25) is 0 Å². The molecule has 1 aliphatic carbocycles. The summed E-state index contributed by atoms with van der Waals surface area (Å²) in [6.07, 6.45) is 17.5. The van der Waals surface area contributed by atoms with Crippen molar-refractivity contribution < 1.29 is 0 Å². The third-order valence-electron chi connectivity index (χ3n) is 2.48. The van der Waals surface area contributed by atoms with Crippen LogP contribution in [-0.4, -0.2) is 6.04 Å². The molecule has 13 heavy (non-hydrogen) atoms. The maximum Gasteiger partial charge on any atom is 0.00418 e. The van der Waals surface area contributed by atoms with E-state index in [1.165, 1.54) is 32.1 Å². The molecule has 0 fully saturated rings. The van der Waals surface area contributed by atoms with Gasteiger partial charge < -0.3 is 5.73 Å². The minimum Gasteiger partial charge on any atom is -0.328 e. The molecule has 1 nitrogen and oxygen atoms in total. The van der Waals surface area contributed by atoms with Crippen LogP contribution in [0, 0.1) is 0 Å². The molecule has 0 spiro atoms. The van der Waals surface area contributed by atoms with Gasteiger partial charge in [0.2, 0.25) is 0 Å². The van der Waals surface area contributed by atoms with E-state index in [0.717, 1.165) is 12.8 Å². The van der Waals surface area contributed by atoms with Gasteiger partial charge in [-0.2, -0.15) is 0 Å². The molecule has 1 heteroatoms. The number of hydrogen-bond donors (Lipinski definition) is 1. The smallest absolute Gasteiger partial charge is 0.00418 e. The average molecular weight is 179 g/mol. The maximum atomic E-state index is 5.96. The van der Waals surface area contributed by atoms with Crippen molar-refractivity contribution >= 4 is 0 Å². The molecule has 1 aliphatic rings. The van der Waals surface area contributed by atoms with Crippen LogP contribution < -0.4 is 5.73 Å². The second-order valence-electron chi connectivity index (χ2n) is 3.79. The Labute approximate surface area is 81.7 Å². The monoisotopic (exact) mass is 179 g/mol. The fourth-order valence-electron chi connectivity index (χ4n) is 1.62. The third-order valence-corrected chi connectivity index (χ3v) is 2.48. The highest BCUT2D eigenvalue weighted by Crippen LogP contribution is 2.08. The second kappa shape index (κ2) is 6.90. The Hall–Kier alpha value is -0.560. The zero-order valence-electron chi connectivity index (χ0n) is 8.41. The Morgan fingerprint density at radius 3 is 2.15 bits per heavy atom. The van der Waals surface area contributed by atoms with Crippen molar-refractivity contribution in [3.8, 4) is 0 Å². The summed E-state index contributed by atoms with van der Waals surface area (Å²) in [5.74, 6) is 0. The number of nitrogens with two attached hydrogens (primary N) is 1. The molecule has 1 atom stereocenters. The summed E-state index contributed by atoms with van der Waals surface area (Å²) in [4.78, 5) is 0. The van der Waals surface area contributed by atoms with Gasteiger partial charge in [-0.15, -0.1) is 0 Å². The summed E-state index contributed by atoms with van der Waals surface area (Å²) in [6, 6.07) is 0.414. The van der Waals surface area contributed by atoms with E-state index in [2.05, 4.69) is 24.3 Å². The van der Waals surface area contributed by atoms with Crippen LogP contribution in [0.15, 0.2) is 24.3 Å². The first-order valence-corrected chi connectivity index (χ1v) is 5.45. The highest BCUT2D eigenvalue weighted by molar-refractivity contribution is 4.89. The zero-order valence-corrected chi connectivity index (χ0v) is 8.41. The van der Waals surface area contributed by atoms with E-state index in [0.29, 0.717) is 6.04 Å². The summed E-state index contributed by atoms with van der Waals surface area (Å²) in [5, 5.41) is 0. The van der Waals surface area contributed by atoms with Crippen molar-refractivity contribution in [1.82, 2.24) is 0 Å². The predicted molar refractivity (Wildman–Crippen MR) is 58.6 cm³/mol. The van der Waals surface area contributed by atoms with Gasteiger partial charge in [0.05, 0.1) is 0 Å². The minimum absolute atomic E-state index is 0.414. The molecule has 0 radical (unpaired) electrons. The molecule has 1 rings (SSSR count). The van der Waals surface area contributed by atoms with E-state index in [-0.39, 0.29) is 0 Å². The van der Waals surface area contributed by atoms with E-state index in [9.17, 15) is 0 Å². The first-order valence-electron chi connectivity index (χ1n) is 5.45. The summed E-state index contributed by atoms with van der Waals surface area (Å²) in [7, 11) is 0. The van der Waals surface area contributed by atoms with Crippen LogP contribution in [0.1, 0.15) is 44.9 Å². The Morgan fingerprint density at radius 2 is 1.38 bits per heavy atom. The van der Waals surface area contributed by atoms with Crippen molar-refractivity contribution in [2.75, 3.05) is 0 Å². The minimum atomic E-state index is 0.414. The molecule has 0 aromatic rings. The van der Waals surface area contributed by atoms with Crippen LogP contribution in [0.3, 0.4) is 0 Å². The molecule has 0 aromatic carbocycles. The Morgan fingerprint density at radius 1 is 0.769 bits per heavy atom. The summed E-state index contributed by atoms with van der Waals surface area (Å²) >= 11 is 0. The van der Waals surface area contributed by atoms with E-state index < -0.39 is 0 Å². The lowest BCUT2D eigenvalue weighted by Crippen LogP contribution is -2.19. The molecule has 0 aliphatic heterocycles. The summed E-state index contributed by atoms with van der Waals surface area (Å²) in [5.41, 5.74) is 5.96. The molecule has 0 amide bonds. The Bertz CT molecular complexity index is 170. The van der Waals surface area contributed by atoms with Crippen LogP contribution in [0.4, 0.5) is 0 Å². The van der Waals surface area contributed by atoms with Crippen LogP contribution in [0.5, 0.6) is 0 Å². The molecule has 74 valence electrons. The van der Waals surface area contributed by atoms with Gasteiger partial charge in [0.1, 0.15) is 0 Å². The highest BCUT2D eigenvalue weighted by Gasteiger charge is 1.99. The Kier molecular flexibility index (Phi) is 5.59. The van der Waals surface area contributed by atoms with E-state index in [1.54, 1.807) is 0 Å². The van der Waals surface area contributed by atoms with Crippen LogP contribution in [0.2, 0.25) is 0 Å². The lowest BCUT2D eigenvalue weighted by atomic mass is 10.0. The molecule has 0 heterocycles. The third kappa shape index (κ3) is 5.64. The van der Waals surface area contributed by atoms with Crippen LogP contribution in [-0.2, 0) is 0 Å². The van der Waals surface area contributed by atoms with Gasteiger partial charge in [0.25, 0.3) is 0 Å². The second-order valence-corrected chi connectivity index (χ2v) is 3.79. The topological polar surface area (TPSA) is 26.0 Å². The first-order chi connectivity index (χ1) is 6.39. The molecule has 1 unspecified atom stereocenters. The largest absolute Gasteiger partial charge is 0.328 e. The molecule has 0 aromatic heterocycles. The standard InChI is InChI=1S/C12H21N/c13-12-10-8-6-4-2-1-3-5-7-9-11-12/h2,4-5,7,12H,1,3,6,8-11,13H2/b4-2-,7-5-. The van der Waals surface area contributed by atoms with Gasteiger partial charge in [-0.25, -0.2) is 0 Å². The average Bonchev–Trinajstić information content (AvgIpc) is 2.11. The molecule has 0 saturated heterocycles. The first kappa shape index (κ1) is 10.5. The van der Waals surface area contributed by atoms with E-state index >= 15 is 0 Å². The van der Waals surface area contributed by atoms with Gasteiger partial charge in [-0.1, -0.05) is 24.3 Å². The van der Waals surface area contributed by atoms with E-state index in [1.807, 2.05) is 0 Å². The Balaban J connectivity index is 2.29. The summed E-state index contributed by atoms with van der Waals surface area (Å²) < 4.78 is 0. The van der Waals surface area contributed by atoms with Gasteiger partial charge in [-0.05, 0) is 44.9 Å². The molecular formula is C12H21N. The normalized spacial score (nSPS) is 31.3. The van der Waals surface area contributed by atoms with Gasteiger partial charge >= 0.3 is 0 Å². The maximum absolute atomic E-state index is 5.96. The van der Waals surface area contributed by atoms with Crippen molar-refractivity contribution in [1.29, 1.82) is 0 Å². The predicted octanol–water partition coefficient (Wildman–Crippen LogP) is 3.17. The fraction of sp³-hybridized carbons (Fsp3) is 0.667. The van der Waals surface area contributed by atoms with Gasteiger partial charge in [0, 0.05) is 6.04 Å². The molecule has 2 N–H and O–H groups in total. The van der Waals surface area contributed by atoms with Crippen LogP contribution in [0.25, 0.3) is 0 Å². The molecular weight excluding hydrogens is 158 g/mol. The lowest BCUT2D eigenvalue weighted by Gasteiger charge is -2.09. The van der Waals surface area contributed by atoms with Gasteiger partial charge in [0.15, 0.2) is 0 Å².